The number of amides is 1. The van der Waals surface area contributed by atoms with Crippen molar-refractivity contribution in [2.75, 3.05) is 24.6 Å². The Kier molecular flexibility index (Phi) is 6.61. The van der Waals surface area contributed by atoms with E-state index in [1.807, 2.05) is 6.92 Å². The standard InChI is InChI=1S/C20H22N4O4S/c1-4-24(5-2)20-21-10-15(29-20)11-22-23-18(25)12-27-14-6-7-16-13(3)8-19(26)28-17(16)9-14/h6-11H,4-5,12H2,1-3H3,(H,23,25)/b22-11-. The summed E-state index contributed by atoms with van der Waals surface area (Å²) >= 11 is 1.50. The van der Waals surface area contributed by atoms with Crippen LogP contribution in [0.3, 0.4) is 0 Å². The van der Waals surface area contributed by atoms with E-state index in [-0.39, 0.29) is 6.61 Å². The van der Waals surface area contributed by atoms with Crippen molar-refractivity contribution in [3.63, 3.8) is 0 Å². The number of ether oxygens (including phenoxy) is 1. The maximum atomic E-state index is 11.9. The van der Waals surface area contributed by atoms with E-state index in [9.17, 15) is 9.59 Å². The van der Waals surface area contributed by atoms with Gasteiger partial charge in [-0.3, -0.25) is 4.79 Å². The first kappa shape index (κ1) is 20.5. The van der Waals surface area contributed by atoms with E-state index in [2.05, 4.69) is 34.3 Å². The van der Waals surface area contributed by atoms with E-state index in [0.29, 0.717) is 11.3 Å². The Labute approximate surface area is 171 Å². The van der Waals surface area contributed by atoms with E-state index in [1.54, 1.807) is 30.6 Å². The van der Waals surface area contributed by atoms with Gasteiger partial charge in [-0.2, -0.15) is 5.10 Å². The minimum atomic E-state index is -0.425. The fourth-order valence-electron chi connectivity index (χ4n) is 2.72. The number of rotatable bonds is 8. The van der Waals surface area contributed by atoms with Gasteiger partial charge in [-0.1, -0.05) is 11.3 Å². The molecule has 0 radical (unpaired) electrons. The summed E-state index contributed by atoms with van der Waals surface area (Å²) < 4.78 is 10.6. The predicted molar refractivity (Wildman–Crippen MR) is 114 cm³/mol. The van der Waals surface area contributed by atoms with E-state index in [4.69, 9.17) is 9.15 Å². The van der Waals surface area contributed by atoms with Crippen LogP contribution >= 0.6 is 11.3 Å². The molecular weight excluding hydrogens is 392 g/mol. The second kappa shape index (κ2) is 9.33. The first-order valence-electron chi connectivity index (χ1n) is 9.20. The lowest BCUT2D eigenvalue weighted by molar-refractivity contribution is -0.123. The molecule has 1 amide bonds. The van der Waals surface area contributed by atoms with Crippen molar-refractivity contribution in [2.45, 2.75) is 20.8 Å². The number of aromatic nitrogens is 1. The van der Waals surface area contributed by atoms with E-state index < -0.39 is 11.5 Å². The Hall–Kier alpha value is -3.20. The molecule has 3 rings (SSSR count). The van der Waals surface area contributed by atoms with Crippen molar-refractivity contribution in [3.05, 3.63) is 51.3 Å². The maximum absolute atomic E-state index is 11.9. The SMILES string of the molecule is CCN(CC)c1ncc(/C=N\NC(=O)COc2ccc3c(C)cc(=O)oc3c2)s1. The molecule has 0 aliphatic heterocycles. The average Bonchev–Trinajstić information content (AvgIpc) is 3.15. The molecule has 0 aliphatic rings. The molecule has 3 aromatic rings. The van der Waals surface area contributed by atoms with Crippen LogP contribution in [-0.4, -0.2) is 36.8 Å². The molecule has 1 aromatic carbocycles. The Bertz CT molecular complexity index is 1090. The number of hydrogen-bond acceptors (Lipinski definition) is 8. The molecule has 0 saturated heterocycles. The second-order valence-electron chi connectivity index (χ2n) is 6.21. The minimum Gasteiger partial charge on any atom is -0.484 e. The van der Waals surface area contributed by atoms with Crippen LogP contribution in [0.25, 0.3) is 11.0 Å². The Balaban J connectivity index is 1.54. The number of carbonyl (C=O) groups excluding carboxylic acids is 1. The Morgan fingerprint density at radius 1 is 1.34 bits per heavy atom. The van der Waals surface area contributed by atoms with Gasteiger partial charge >= 0.3 is 5.63 Å². The number of nitrogens with zero attached hydrogens (tertiary/aromatic N) is 3. The zero-order chi connectivity index (χ0) is 20.8. The highest BCUT2D eigenvalue weighted by molar-refractivity contribution is 7.17. The Morgan fingerprint density at radius 3 is 2.90 bits per heavy atom. The van der Waals surface area contributed by atoms with E-state index in [0.717, 1.165) is 34.0 Å². The normalized spacial score (nSPS) is 11.1. The molecule has 1 N–H and O–H groups in total. The number of anilines is 1. The highest BCUT2D eigenvalue weighted by Crippen LogP contribution is 2.22. The summed E-state index contributed by atoms with van der Waals surface area (Å²) in [5, 5.41) is 5.68. The highest BCUT2D eigenvalue weighted by Gasteiger charge is 2.08. The number of benzene rings is 1. The monoisotopic (exact) mass is 414 g/mol. The molecule has 2 heterocycles. The van der Waals surface area contributed by atoms with Gasteiger partial charge in [0.2, 0.25) is 0 Å². The third-order valence-corrected chi connectivity index (χ3v) is 5.21. The summed E-state index contributed by atoms with van der Waals surface area (Å²) in [5.41, 5.74) is 3.23. The van der Waals surface area contributed by atoms with Crippen LogP contribution in [0.2, 0.25) is 0 Å². The molecule has 0 unspecified atom stereocenters. The van der Waals surface area contributed by atoms with Crippen LogP contribution in [-0.2, 0) is 4.79 Å². The number of aryl methyl sites for hydroxylation is 1. The van der Waals surface area contributed by atoms with Gasteiger partial charge in [0.15, 0.2) is 11.7 Å². The van der Waals surface area contributed by atoms with Crippen LogP contribution in [0.15, 0.2) is 44.8 Å². The van der Waals surface area contributed by atoms with Gasteiger partial charge in [0.05, 0.1) is 11.1 Å². The predicted octanol–water partition coefficient (Wildman–Crippen LogP) is 2.93. The molecule has 9 heteroatoms. The number of thiazole rings is 1. The molecule has 2 aromatic heterocycles. The smallest absolute Gasteiger partial charge is 0.336 e. The van der Waals surface area contributed by atoms with Crippen molar-refractivity contribution in [3.8, 4) is 5.75 Å². The van der Waals surface area contributed by atoms with Gasteiger partial charge in [0, 0.05) is 36.8 Å². The zero-order valence-electron chi connectivity index (χ0n) is 16.5. The summed E-state index contributed by atoms with van der Waals surface area (Å²) in [4.78, 5) is 30.8. The molecule has 8 nitrogen and oxygen atoms in total. The molecule has 0 saturated carbocycles. The lowest BCUT2D eigenvalue weighted by Gasteiger charge is -2.16. The number of hydrazone groups is 1. The van der Waals surface area contributed by atoms with Crippen LogP contribution in [0.1, 0.15) is 24.3 Å². The van der Waals surface area contributed by atoms with E-state index >= 15 is 0 Å². The number of hydrogen-bond donors (Lipinski definition) is 1. The topological polar surface area (TPSA) is 97.0 Å². The lowest BCUT2D eigenvalue weighted by atomic mass is 10.1. The average molecular weight is 414 g/mol. The zero-order valence-corrected chi connectivity index (χ0v) is 17.3. The Morgan fingerprint density at radius 2 is 2.14 bits per heavy atom. The molecule has 29 heavy (non-hydrogen) atoms. The van der Waals surface area contributed by atoms with Crippen LogP contribution in [0.4, 0.5) is 5.13 Å². The number of fused-ring (bicyclic) bond motifs is 1. The van der Waals surface area contributed by atoms with Crippen LogP contribution in [0, 0.1) is 6.92 Å². The van der Waals surface area contributed by atoms with Gasteiger partial charge in [0.25, 0.3) is 5.91 Å². The fourth-order valence-corrected chi connectivity index (χ4v) is 3.64. The van der Waals surface area contributed by atoms with Crippen molar-refractivity contribution < 1.29 is 13.9 Å². The quantitative estimate of drug-likeness (QED) is 0.346. The second-order valence-corrected chi connectivity index (χ2v) is 7.25. The number of carbonyl (C=O) groups is 1. The van der Waals surface area contributed by atoms with Crippen LogP contribution < -0.4 is 20.7 Å². The molecular formula is C20H22N4O4S. The number of nitrogens with one attached hydrogen (secondary N) is 1. The van der Waals surface area contributed by atoms with Crippen molar-refractivity contribution in [2.24, 2.45) is 5.10 Å². The van der Waals surface area contributed by atoms with E-state index in [1.165, 1.54) is 17.4 Å². The maximum Gasteiger partial charge on any atom is 0.336 e. The minimum absolute atomic E-state index is 0.216. The summed E-state index contributed by atoms with van der Waals surface area (Å²) in [6.07, 6.45) is 3.27. The van der Waals surface area contributed by atoms with Gasteiger partial charge < -0.3 is 14.1 Å². The van der Waals surface area contributed by atoms with Crippen molar-refractivity contribution >= 4 is 39.6 Å². The summed E-state index contributed by atoms with van der Waals surface area (Å²) in [5.74, 6) is 0.0252. The first-order chi connectivity index (χ1) is 14.0. The molecule has 0 spiro atoms. The first-order valence-corrected chi connectivity index (χ1v) is 10.0. The lowest BCUT2D eigenvalue weighted by Crippen LogP contribution is -2.24. The van der Waals surface area contributed by atoms with Gasteiger partial charge in [0.1, 0.15) is 11.3 Å². The van der Waals surface area contributed by atoms with Gasteiger partial charge in [-0.05, 0) is 38.5 Å². The molecule has 0 aliphatic carbocycles. The van der Waals surface area contributed by atoms with Crippen molar-refractivity contribution in [1.82, 2.24) is 10.4 Å². The van der Waals surface area contributed by atoms with Crippen LogP contribution in [0.5, 0.6) is 5.75 Å². The largest absolute Gasteiger partial charge is 0.484 e. The summed E-state index contributed by atoms with van der Waals surface area (Å²) in [6.45, 7) is 7.52. The third-order valence-electron chi connectivity index (χ3n) is 4.22. The van der Waals surface area contributed by atoms with Gasteiger partial charge in [-0.25, -0.2) is 15.2 Å². The molecule has 152 valence electrons. The van der Waals surface area contributed by atoms with Crippen molar-refractivity contribution in [1.29, 1.82) is 0 Å². The highest BCUT2D eigenvalue weighted by atomic mass is 32.1. The molecule has 0 atom stereocenters. The summed E-state index contributed by atoms with van der Waals surface area (Å²) in [7, 11) is 0. The molecule has 0 bridgehead atoms. The molecule has 0 fully saturated rings. The fraction of sp³-hybridized carbons (Fsp3) is 0.300. The third kappa shape index (κ3) is 5.20. The summed E-state index contributed by atoms with van der Waals surface area (Å²) in [6, 6.07) is 6.53. The van der Waals surface area contributed by atoms with Gasteiger partial charge in [-0.15, -0.1) is 0 Å².